The van der Waals surface area contributed by atoms with Crippen molar-refractivity contribution in [2.24, 2.45) is 5.18 Å². The van der Waals surface area contributed by atoms with E-state index in [0.717, 1.165) is 5.56 Å². The minimum Gasteiger partial charge on any atom is -0.397 e. The van der Waals surface area contributed by atoms with Gasteiger partial charge in [0, 0.05) is 12.7 Å². The molecule has 0 aliphatic heterocycles. The maximum atomic E-state index is 10.2. The second-order valence-corrected chi connectivity index (χ2v) is 3.60. The molecule has 5 nitrogen and oxygen atoms in total. The van der Waals surface area contributed by atoms with Crippen LogP contribution in [0.4, 0.5) is 5.69 Å². The summed E-state index contributed by atoms with van der Waals surface area (Å²) in [6.07, 6.45) is 2.98. The Balaban J connectivity index is 2.57. The molecular formula is C10H16N4O. The summed E-state index contributed by atoms with van der Waals surface area (Å²) in [6.45, 7) is 4.42. The second-order valence-electron chi connectivity index (χ2n) is 3.60. The lowest BCUT2D eigenvalue weighted by Crippen LogP contribution is -2.28. The zero-order chi connectivity index (χ0) is 11.3. The van der Waals surface area contributed by atoms with Crippen LogP contribution in [0, 0.1) is 4.91 Å². The van der Waals surface area contributed by atoms with Crippen molar-refractivity contribution in [3.8, 4) is 0 Å². The van der Waals surface area contributed by atoms with Gasteiger partial charge in [0.2, 0.25) is 0 Å². The molecule has 1 aromatic heterocycles. The van der Waals surface area contributed by atoms with Crippen molar-refractivity contribution < 1.29 is 0 Å². The van der Waals surface area contributed by atoms with E-state index in [-0.39, 0.29) is 12.1 Å². The van der Waals surface area contributed by atoms with Crippen molar-refractivity contribution in [2.75, 3.05) is 12.3 Å². The first kappa shape index (κ1) is 11.6. The molecule has 1 rings (SSSR count). The normalized spacial score (nSPS) is 14.5. The van der Waals surface area contributed by atoms with Gasteiger partial charge in [-0.05, 0) is 24.5 Å². The molecule has 3 N–H and O–H groups in total. The molecular weight excluding hydrogens is 192 g/mol. The molecule has 0 spiro atoms. The number of aromatic nitrogens is 1. The van der Waals surface area contributed by atoms with Gasteiger partial charge in [-0.25, -0.2) is 0 Å². The number of nitroso groups, excluding NO2 is 1. The molecule has 0 saturated carbocycles. The fourth-order valence-corrected chi connectivity index (χ4v) is 1.36. The molecule has 82 valence electrons. The molecule has 0 radical (unpaired) electrons. The highest BCUT2D eigenvalue weighted by molar-refractivity contribution is 5.45. The topological polar surface area (TPSA) is 80.4 Å². The van der Waals surface area contributed by atoms with Gasteiger partial charge in [0.05, 0.1) is 11.9 Å². The van der Waals surface area contributed by atoms with Crippen molar-refractivity contribution in [3.63, 3.8) is 0 Å². The Morgan fingerprint density at radius 2 is 2.33 bits per heavy atom. The smallest absolute Gasteiger partial charge is 0.139 e. The molecule has 5 heteroatoms. The predicted octanol–water partition coefficient (Wildman–Crippen LogP) is 1.47. The van der Waals surface area contributed by atoms with Gasteiger partial charge in [-0.1, -0.05) is 12.1 Å². The van der Waals surface area contributed by atoms with E-state index in [0.29, 0.717) is 12.2 Å². The van der Waals surface area contributed by atoms with E-state index in [1.807, 2.05) is 13.0 Å². The number of hydrogen-bond donors (Lipinski definition) is 2. The number of nitrogens with zero attached hydrogens (tertiary/aromatic N) is 2. The number of nitrogens with one attached hydrogen (secondary N) is 1. The summed E-state index contributed by atoms with van der Waals surface area (Å²) < 4.78 is 0. The third kappa shape index (κ3) is 3.28. The first-order valence-electron chi connectivity index (χ1n) is 4.90. The van der Waals surface area contributed by atoms with Crippen LogP contribution in [0.25, 0.3) is 0 Å². The van der Waals surface area contributed by atoms with Crippen LogP contribution >= 0.6 is 0 Å². The quantitative estimate of drug-likeness (QED) is 0.718. The zero-order valence-corrected chi connectivity index (χ0v) is 8.97. The molecule has 0 aromatic carbocycles. The van der Waals surface area contributed by atoms with Gasteiger partial charge in [0.1, 0.15) is 6.17 Å². The van der Waals surface area contributed by atoms with Crippen LogP contribution in [0.15, 0.2) is 23.6 Å². The van der Waals surface area contributed by atoms with Gasteiger partial charge in [-0.15, -0.1) is 4.91 Å². The minimum absolute atomic E-state index is 0.234. The summed E-state index contributed by atoms with van der Waals surface area (Å²) in [4.78, 5) is 14.1. The van der Waals surface area contributed by atoms with Crippen LogP contribution < -0.4 is 11.1 Å². The average Bonchev–Trinajstić information content (AvgIpc) is 2.26. The summed E-state index contributed by atoms with van der Waals surface area (Å²) >= 11 is 0. The van der Waals surface area contributed by atoms with Crippen LogP contribution in [0.2, 0.25) is 0 Å². The van der Waals surface area contributed by atoms with E-state index in [4.69, 9.17) is 5.73 Å². The highest BCUT2D eigenvalue weighted by Gasteiger charge is 2.10. The van der Waals surface area contributed by atoms with Crippen LogP contribution in [0.1, 0.15) is 25.3 Å². The fourth-order valence-electron chi connectivity index (χ4n) is 1.36. The lowest BCUT2D eigenvalue weighted by molar-refractivity contribution is 0.532. The van der Waals surface area contributed by atoms with Crippen molar-refractivity contribution in [1.82, 2.24) is 10.3 Å². The third-order valence-electron chi connectivity index (χ3n) is 2.30. The average molecular weight is 208 g/mol. The molecule has 15 heavy (non-hydrogen) atoms. The maximum Gasteiger partial charge on any atom is 0.139 e. The molecule has 0 bridgehead atoms. The summed E-state index contributed by atoms with van der Waals surface area (Å²) in [7, 11) is 0. The highest BCUT2D eigenvalue weighted by atomic mass is 16.3. The monoisotopic (exact) mass is 208 g/mol. The Morgan fingerprint density at radius 1 is 1.60 bits per heavy atom. The van der Waals surface area contributed by atoms with E-state index in [9.17, 15) is 4.91 Å². The Morgan fingerprint density at radius 3 is 2.93 bits per heavy atom. The third-order valence-corrected chi connectivity index (χ3v) is 2.30. The number of nitrogen functional groups attached to an aromatic ring is 1. The zero-order valence-electron chi connectivity index (χ0n) is 8.97. The van der Waals surface area contributed by atoms with E-state index in [1.165, 1.54) is 0 Å². The Bertz CT molecular complexity index is 329. The molecule has 0 saturated heterocycles. The van der Waals surface area contributed by atoms with Gasteiger partial charge in [-0.2, -0.15) is 0 Å². The number of pyridine rings is 1. The van der Waals surface area contributed by atoms with E-state index >= 15 is 0 Å². The highest BCUT2D eigenvalue weighted by Crippen LogP contribution is 2.19. The van der Waals surface area contributed by atoms with Gasteiger partial charge >= 0.3 is 0 Å². The summed E-state index contributed by atoms with van der Waals surface area (Å²) in [5.74, 6) is 0.234. The second kappa shape index (κ2) is 5.41. The van der Waals surface area contributed by atoms with Crippen LogP contribution in [-0.2, 0) is 0 Å². The van der Waals surface area contributed by atoms with Crippen LogP contribution in [0.3, 0.4) is 0 Å². The van der Waals surface area contributed by atoms with Gasteiger partial charge in [0.15, 0.2) is 0 Å². The molecule has 0 amide bonds. The molecule has 1 aromatic rings. The Hall–Kier alpha value is -1.49. The molecule has 2 unspecified atom stereocenters. The summed E-state index contributed by atoms with van der Waals surface area (Å²) in [5.41, 5.74) is 7.50. The van der Waals surface area contributed by atoms with Crippen molar-refractivity contribution in [1.29, 1.82) is 0 Å². The Labute approximate surface area is 89.1 Å². The van der Waals surface area contributed by atoms with Crippen molar-refractivity contribution in [2.45, 2.75) is 25.9 Å². The van der Waals surface area contributed by atoms with E-state index in [1.54, 1.807) is 19.3 Å². The number of hydrogen-bond acceptors (Lipinski definition) is 5. The van der Waals surface area contributed by atoms with E-state index in [2.05, 4.69) is 15.5 Å². The van der Waals surface area contributed by atoms with Gasteiger partial charge in [0.25, 0.3) is 0 Å². The van der Waals surface area contributed by atoms with Gasteiger partial charge in [-0.3, -0.25) is 10.3 Å². The predicted molar refractivity (Wildman–Crippen MR) is 60.3 cm³/mol. The molecule has 0 aliphatic carbocycles. The molecule has 0 fully saturated rings. The number of nitrogens with two attached hydrogens (primary N) is 1. The number of rotatable bonds is 5. The van der Waals surface area contributed by atoms with Crippen LogP contribution in [-0.4, -0.2) is 17.7 Å². The maximum absolute atomic E-state index is 10.2. The first-order chi connectivity index (χ1) is 7.15. The summed E-state index contributed by atoms with van der Waals surface area (Å²) in [6, 6.07) is 1.89. The number of anilines is 1. The SMILES string of the molecule is CC(N=O)NCC(C)c1ccncc1N. The Kier molecular flexibility index (Phi) is 4.17. The largest absolute Gasteiger partial charge is 0.397 e. The molecule has 0 aliphatic rings. The van der Waals surface area contributed by atoms with Gasteiger partial charge < -0.3 is 5.73 Å². The summed E-state index contributed by atoms with van der Waals surface area (Å²) in [5, 5.41) is 5.87. The standard InChI is InChI=1S/C10H16N4O/c1-7(5-13-8(2)14-15)9-3-4-12-6-10(9)11/h3-4,6-8,13H,5,11H2,1-2H3. The minimum atomic E-state index is -0.365. The lowest BCUT2D eigenvalue weighted by atomic mass is 10.0. The fraction of sp³-hybridized carbons (Fsp3) is 0.500. The van der Waals surface area contributed by atoms with Crippen molar-refractivity contribution in [3.05, 3.63) is 28.9 Å². The van der Waals surface area contributed by atoms with Crippen LogP contribution in [0.5, 0.6) is 0 Å². The first-order valence-corrected chi connectivity index (χ1v) is 4.90. The van der Waals surface area contributed by atoms with E-state index < -0.39 is 0 Å². The molecule has 1 heterocycles. The lowest BCUT2D eigenvalue weighted by Gasteiger charge is -2.15. The molecule has 2 atom stereocenters. The van der Waals surface area contributed by atoms with Crippen molar-refractivity contribution >= 4 is 5.69 Å².